The van der Waals surface area contributed by atoms with E-state index in [9.17, 15) is 18.4 Å². The van der Waals surface area contributed by atoms with Gasteiger partial charge in [-0.25, -0.2) is 8.78 Å². The van der Waals surface area contributed by atoms with Crippen LogP contribution in [-0.2, 0) is 4.79 Å². The third-order valence-corrected chi connectivity index (χ3v) is 3.43. The Bertz CT molecular complexity index is 811. The molecule has 2 aromatic rings. The summed E-state index contributed by atoms with van der Waals surface area (Å²) in [7, 11) is 1.39. The number of nitrogens with two attached hydrogens (primary N) is 1. The van der Waals surface area contributed by atoms with Gasteiger partial charge in [0.25, 0.3) is 5.91 Å². The fraction of sp³-hybridized carbons (Fsp3) is 0.176. The Morgan fingerprint density at radius 1 is 1.20 bits per heavy atom. The first-order chi connectivity index (χ1) is 11.8. The SMILES string of the molecule is COc1ccc(F)cc1-c1cc(F)cc(C(=O)NC[C@@H](N)C(=O)O)c1. The molecule has 2 aromatic carbocycles. The lowest BCUT2D eigenvalue weighted by Crippen LogP contribution is -2.42. The predicted molar refractivity (Wildman–Crippen MR) is 86.3 cm³/mol. The number of carbonyl (C=O) groups is 2. The molecule has 2 rings (SSSR count). The topological polar surface area (TPSA) is 102 Å². The van der Waals surface area contributed by atoms with Crippen LogP contribution in [0.15, 0.2) is 36.4 Å². The van der Waals surface area contributed by atoms with Gasteiger partial charge in [0.2, 0.25) is 0 Å². The molecule has 0 aliphatic heterocycles. The first kappa shape index (κ1) is 18.3. The number of methoxy groups -OCH3 is 1. The molecule has 0 aliphatic carbocycles. The molecule has 0 bridgehead atoms. The number of nitrogens with one attached hydrogen (secondary N) is 1. The number of aliphatic carboxylic acids is 1. The Labute approximate surface area is 142 Å². The predicted octanol–water partition coefficient (Wildman–Crippen LogP) is 1.78. The van der Waals surface area contributed by atoms with Crippen LogP contribution in [0.3, 0.4) is 0 Å². The molecule has 0 unspecified atom stereocenters. The second-order valence-corrected chi connectivity index (χ2v) is 5.23. The van der Waals surface area contributed by atoms with Crippen molar-refractivity contribution in [1.29, 1.82) is 0 Å². The Kier molecular flexibility index (Phi) is 5.66. The first-order valence-electron chi connectivity index (χ1n) is 7.23. The number of hydrogen-bond donors (Lipinski definition) is 3. The van der Waals surface area contributed by atoms with Gasteiger partial charge in [-0.2, -0.15) is 0 Å². The molecule has 0 spiro atoms. The lowest BCUT2D eigenvalue weighted by molar-refractivity contribution is -0.138. The zero-order valence-corrected chi connectivity index (χ0v) is 13.3. The van der Waals surface area contributed by atoms with Gasteiger partial charge in [0, 0.05) is 17.7 Å². The van der Waals surface area contributed by atoms with Crippen LogP contribution in [0.2, 0.25) is 0 Å². The van der Waals surface area contributed by atoms with E-state index in [-0.39, 0.29) is 23.2 Å². The zero-order valence-electron chi connectivity index (χ0n) is 13.3. The Morgan fingerprint density at radius 2 is 1.92 bits per heavy atom. The minimum Gasteiger partial charge on any atom is -0.496 e. The van der Waals surface area contributed by atoms with Gasteiger partial charge in [-0.1, -0.05) is 0 Å². The van der Waals surface area contributed by atoms with E-state index >= 15 is 0 Å². The van der Waals surface area contributed by atoms with Crippen molar-refractivity contribution >= 4 is 11.9 Å². The summed E-state index contributed by atoms with van der Waals surface area (Å²) in [5, 5.41) is 11.0. The number of hydrogen-bond acceptors (Lipinski definition) is 4. The highest BCUT2D eigenvalue weighted by atomic mass is 19.1. The lowest BCUT2D eigenvalue weighted by atomic mass is 10.0. The van der Waals surface area contributed by atoms with Gasteiger partial charge in [-0.3, -0.25) is 9.59 Å². The van der Waals surface area contributed by atoms with Crippen LogP contribution in [0.25, 0.3) is 11.1 Å². The van der Waals surface area contributed by atoms with Gasteiger partial charge in [0.1, 0.15) is 23.4 Å². The van der Waals surface area contributed by atoms with Crippen LogP contribution in [0.1, 0.15) is 10.4 Å². The molecule has 6 nitrogen and oxygen atoms in total. The highest BCUT2D eigenvalue weighted by molar-refractivity contribution is 5.96. The summed E-state index contributed by atoms with van der Waals surface area (Å²) in [4.78, 5) is 22.8. The Morgan fingerprint density at radius 3 is 2.56 bits per heavy atom. The molecule has 0 fully saturated rings. The Hall–Kier alpha value is -3.00. The van der Waals surface area contributed by atoms with Crippen molar-refractivity contribution in [1.82, 2.24) is 5.32 Å². The maximum Gasteiger partial charge on any atom is 0.322 e. The molecule has 0 saturated heterocycles. The fourth-order valence-electron chi connectivity index (χ4n) is 2.17. The molecular weight excluding hydrogens is 334 g/mol. The minimum absolute atomic E-state index is 0.0566. The molecule has 0 aliphatic rings. The smallest absolute Gasteiger partial charge is 0.322 e. The highest BCUT2D eigenvalue weighted by Gasteiger charge is 2.16. The van der Waals surface area contributed by atoms with E-state index in [1.165, 1.54) is 25.3 Å². The van der Waals surface area contributed by atoms with Crippen LogP contribution in [0.5, 0.6) is 5.75 Å². The third-order valence-electron chi connectivity index (χ3n) is 3.43. The van der Waals surface area contributed by atoms with Crippen LogP contribution >= 0.6 is 0 Å². The molecule has 1 atom stereocenters. The molecule has 0 aromatic heterocycles. The van der Waals surface area contributed by atoms with Crippen LogP contribution < -0.4 is 15.8 Å². The number of halogens is 2. The summed E-state index contributed by atoms with van der Waals surface area (Å²) in [5.74, 6) is -2.92. The second-order valence-electron chi connectivity index (χ2n) is 5.23. The standard InChI is InChI=1S/C17H16F2N2O4/c1-25-15-3-2-11(18)7-13(15)9-4-10(6-12(19)5-9)16(22)21-8-14(20)17(23)24/h2-7,14H,8,20H2,1H3,(H,21,22)(H,23,24)/t14-/m1/s1. The third kappa shape index (κ3) is 4.51. The quantitative estimate of drug-likeness (QED) is 0.737. The zero-order chi connectivity index (χ0) is 18.6. The molecule has 0 saturated carbocycles. The largest absolute Gasteiger partial charge is 0.496 e. The summed E-state index contributed by atoms with van der Waals surface area (Å²) >= 11 is 0. The van der Waals surface area contributed by atoms with Crippen molar-refractivity contribution < 1.29 is 28.2 Å². The van der Waals surface area contributed by atoms with E-state index in [2.05, 4.69) is 5.32 Å². The van der Waals surface area contributed by atoms with Gasteiger partial charge in [-0.15, -0.1) is 0 Å². The van der Waals surface area contributed by atoms with Crippen molar-refractivity contribution in [2.45, 2.75) is 6.04 Å². The monoisotopic (exact) mass is 350 g/mol. The number of benzene rings is 2. The van der Waals surface area contributed by atoms with E-state index in [0.29, 0.717) is 5.75 Å². The molecule has 8 heteroatoms. The summed E-state index contributed by atoms with van der Waals surface area (Å²) in [5.41, 5.74) is 5.76. The molecule has 25 heavy (non-hydrogen) atoms. The minimum atomic E-state index is -1.28. The number of amides is 1. The van der Waals surface area contributed by atoms with Gasteiger partial charge >= 0.3 is 5.97 Å². The maximum atomic E-state index is 13.9. The summed E-state index contributed by atoms with van der Waals surface area (Å²) in [6.07, 6.45) is 0. The fourth-order valence-corrected chi connectivity index (χ4v) is 2.17. The van der Waals surface area contributed by atoms with Gasteiger partial charge in [-0.05, 0) is 42.0 Å². The van der Waals surface area contributed by atoms with E-state index in [4.69, 9.17) is 15.6 Å². The maximum absolute atomic E-state index is 13.9. The molecule has 132 valence electrons. The first-order valence-corrected chi connectivity index (χ1v) is 7.23. The molecule has 0 heterocycles. The second kappa shape index (κ2) is 7.71. The summed E-state index contributed by atoms with van der Waals surface area (Å²) in [6, 6.07) is 5.94. The van der Waals surface area contributed by atoms with E-state index in [0.717, 1.165) is 18.2 Å². The molecule has 0 radical (unpaired) electrons. The van der Waals surface area contributed by atoms with Crippen LogP contribution in [-0.4, -0.2) is 36.7 Å². The number of ether oxygens (including phenoxy) is 1. The van der Waals surface area contributed by atoms with Gasteiger partial charge < -0.3 is 20.9 Å². The highest BCUT2D eigenvalue weighted by Crippen LogP contribution is 2.31. The van der Waals surface area contributed by atoms with E-state index < -0.39 is 29.6 Å². The summed E-state index contributed by atoms with van der Waals surface area (Å²) in [6.45, 7) is -0.316. The lowest BCUT2D eigenvalue weighted by Gasteiger charge is -2.12. The van der Waals surface area contributed by atoms with Crippen molar-refractivity contribution in [3.63, 3.8) is 0 Å². The van der Waals surface area contributed by atoms with Crippen molar-refractivity contribution in [3.8, 4) is 16.9 Å². The van der Waals surface area contributed by atoms with Gasteiger partial charge in [0.05, 0.1) is 7.11 Å². The van der Waals surface area contributed by atoms with E-state index in [1.54, 1.807) is 0 Å². The van der Waals surface area contributed by atoms with Crippen molar-refractivity contribution in [2.75, 3.05) is 13.7 Å². The molecular formula is C17H16F2N2O4. The van der Waals surface area contributed by atoms with Gasteiger partial charge in [0.15, 0.2) is 0 Å². The normalized spacial score (nSPS) is 11.7. The number of carboxylic acids is 1. The average molecular weight is 350 g/mol. The molecule has 1 amide bonds. The number of carbonyl (C=O) groups excluding carboxylic acids is 1. The number of rotatable bonds is 6. The Balaban J connectivity index is 2.33. The van der Waals surface area contributed by atoms with Crippen LogP contribution in [0, 0.1) is 11.6 Å². The van der Waals surface area contributed by atoms with Crippen LogP contribution in [0.4, 0.5) is 8.78 Å². The van der Waals surface area contributed by atoms with Crippen molar-refractivity contribution in [2.24, 2.45) is 5.73 Å². The van der Waals surface area contributed by atoms with E-state index in [1.807, 2.05) is 0 Å². The summed E-state index contributed by atoms with van der Waals surface area (Å²) < 4.78 is 32.5. The van der Waals surface area contributed by atoms with Crippen molar-refractivity contribution in [3.05, 3.63) is 53.6 Å². The average Bonchev–Trinajstić information content (AvgIpc) is 2.58. The molecule has 4 N–H and O–H groups in total. The number of carboxylic acid groups (broad SMARTS) is 1.